The molecule has 0 spiro atoms. The van der Waals surface area contributed by atoms with E-state index in [-0.39, 0.29) is 24.9 Å². The zero-order valence-electron chi connectivity index (χ0n) is 16.8. The van der Waals surface area contributed by atoms with Gasteiger partial charge in [-0.2, -0.15) is 5.10 Å². The van der Waals surface area contributed by atoms with Crippen molar-refractivity contribution in [2.45, 2.75) is 13.5 Å². The van der Waals surface area contributed by atoms with Crippen molar-refractivity contribution < 1.29 is 19.1 Å². The maximum absolute atomic E-state index is 12.3. The molecule has 2 amide bonds. The summed E-state index contributed by atoms with van der Waals surface area (Å²) in [7, 11) is 1.60. The van der Waals surface area contributed by atoms with Crippen LogP contribution in [0.3, 0.4) is 0 Å². The van der Waals surface area contributed by atoms with Gasteiger partial charge in [-0.1, -0.05) is 12.1 Å². The first kappa shape index (κ1) is 20.8. The number of nitrogens with one attached hydrogen (secondary N) is 3. The molecule has 9 nitrogen and oxygen atoms in total. The summed E-state index contributed by atoms with van der Waals surface area (Å²) in [6.45, 7) is 2.28. The van der Waals surface area contributed by atoms with Crippen LogP contribution in [0.15, 0.2) is 48.5 Å². The molecule has 0 aliphatic heterocycles. The fourth-order valence-electron chi connectivity index (χ4n) is 2.68. The van der Waals surface area contributed by atoms with Crippen molar-refractivity contribution >= 4 is 11.8 Å². The molecule has 0 unspecified atom stereocenters. The lowest BCUT2D eigenvalue weighted by Crippen LogP contribution is -2.36. The fourth-order valence-corrected chi connectivity index (χ4v) is 2.68. The standard InChI is InChI=1S/C21H23N5O4/c1-3-30-17-7-5-4-6-16(17)21(28)23-13-19(27)22-12-18-24-20(26-25-18)14-8-10-15(29-2)11-9-14/h4-11H,3,12-13H2,1-2H3,(H,22,27)(H,23,28)(H,24,25,26). The Morgan fingerprint density at radius 3 is 2.57 bits per heavy atom. The number of methoxy groups -OCH3 is 1. The topological polar surface area (TPSA) is 118 Å². The molecule has 0 saturated carbocycles. The summed E-state index contributed by atoms with van der Waals surface area (Å²) >= 11 is 0. The van der Waals surface area contributed by atoms with E-state index >= 15 is 0 Å². The Kier molecular flexibility index (Phi) is 6.99. The van der Waals surface area contributed by atoms with Crippen LogP contribution in [-0.2, 0) is 11.3 Å². The first-order valence-corrected chi connectivity index (χ1v) is 9.43. The monoisotopic (exact) mass is 409 g/mol. The van der Waals surface area contributed by atoms with Crippen molar-refractivity contribution in [1.29, 1.82) is 0 Å². The van der Waals surface area contributed by atoms with E-state index < -0.39 is 0 Å². The molecule has 1 heterocycles. The smallest absolute Gasteiger partial charge is 0.255 e. The van der Waals surface area contributed by atoms with Gasteiger partial charge in [0, 0.05) is 5.56 Å². The molecule has 30 heavy (non-hydrogen) atoms. The second-order valence-corrected chi connectivity index (χ2v) is 6.22. The summed E-state index contributed by atoms with van der Waals surface area (Å²) < 4.78 is 10.6. The van der Waals surface area contributed by atoms with E-state index in [0.717, 1.165) is 11.3 Å². The Morgan fingerprint density at radius 1 is 1.07 bits per heavy atom. The van der Waals surface area contributed by atoms with E-state index in [4.69, 9.17) is 9.47 Å². The molecule has 0 fully saturated rings. The maximum Gasteiger partial charge on any atom is 0.255 e. The SMILES string of the molecule is CCOc1ccccc1C(=O)NCC(=O)NCc1nc(-c2ccc(OC)cc2)n[nH]1. The molecule has 156 valence electrons. The molecule has 0 aliphatic carbocycles. The minimum atomic E-state index is -0.379. The number of para-hydroxylation sites is 1. The third kappa shape index (κ3) is 5.34. The normalized spacial score (nSPS) is 10.3. The Bertz CT molecular complexity index is 1000. The van der Waals surface area contributed by atoms with Crippen LogP contribution in [0.2, 0.25) is 0 Å². The third-order valence-electron chi connectivity index (χ3n) is 4.17. The Labute approximate surface area is 173 Å². The van der Waals surface area contributed by atoms with E-state index in [1.165, 1.54) is 0 Å². The van der Waals surface area contributed by atoms with E-state index in [2.05, 4.69) is 25.8 Å². The van der Waals surface area contributed by atoms with Gasteiger partial charge < -0.3 is 20.1 Å². The van der Waals surface area contributed by atoms with Crippen LogP contribution in [0.1, 0.15) is 23.1 Å². The number of carbonyl (C=O) groups excluding carboxylic acids is 2. The van der Waals surface area contributed by atoms with Crippen molar-refractivity contribution in [1.82, 2.24) is 25.8 Å². The number of hydrogen-bond donors (Lipinski definition) is 3. The predicted molar refractivity (Wildman–Crippen MR) is 110 cm³/mol. The highest BCUT2D eigenvalue weighted by molar-refractivity contribution is 5.98. The number of ether oxygens (including phenoxy) is 2. The Balaban J connectivity index is 1.49. The summed E-state index contributed by atoms with van der Waals surface area (Å²) in [6.07, 6.45) is 0. The number of carbonyl (C=O) groups is 2. The lowest BCUT2D eigenvalue weighted by molar-refractivity contribution is -0.120. The van der Waals surface area contributed by atoms with Gasteiger partial charge in [0.25, 0.3) is 5.91 Å². The molecule has 0 aliphatic rings. The molecule has 1 aromatic heterocycles. The van der Waals surface area contributed by atoms with Crippen LogP contribution in [0.4, 0.5) is 0 Å². The van der Waals surface area contributed by atoms with Gasteiger partial charge in [-0.15, -0.1) is 0 Å². The van der Waals surface area contributed by atoms with Gasteiger partial charge in [0.15, 0.2) is 5.82 Å². The zero-order chi connectivity index (χ0) is 21.3. The number of rotatable bonds is 9. The Hall–Kier alpha value is -3.88. The summed E-state index contributed by atoms with van der Waals surface area (Å²) in [5.41, 5.74) is 1.20. The van der Waals surface area contributed by atoms with Crippen molar-refractivity contribution in [3.63, 3.8) is 0 Å². The highest BCUT2D eigenvalue weighted by Crippen LogP contribution is 2.19. The largest absolute Gasteiger partial charge is 0.497 e. The lowest BCUT2D eigenvalue weighted by atomic mass is 10.2. The van der Waals surface area contributed by atoms with Gasteiger partial charge in [-0.05, 0) is 43.3 Å². The van der Waals surface area contributed by atoms with E-state index in [1.807, 2.05) is 31.2 Å². The van der Waals surface area contributed by atoms with E-state index in [9.17, 15) is 9.59 Å². The highest BCUT2D eigenvalue weighted by Gasteiger charge is 2.13. The molecule has 9 heteroatoms. The minimum absolute atomic E-state index is 0.160. The molecule has 0 radical (unpaired) electrons. The van der Waals surface area contributed by atoms with Crippen LogP contribution in [0, 0.1) is 0 Å². The highest BCUT2D eigenvalue weighted by atomic mass is 16.5. The summed E-state index contributed by atoms with van der Waals surface area (Å²) in [4.78, 5) is 28.8. The molecular formula is C21H23N5O4. The number of nitrogens with zero attached hydrogens (tertiary/aromatic N) is 2. The van der Waals surface area contributed by atoms with Crippen molar-refractivity contribution in [3.8, 4) is 22.9 Å². The Morgan fingerprint density at radius 2 is 1.83 bits per heavy atom. The number of amides is 2. The average Bonchev–Trinajstić information content (AvgIpc) is 3.26. The first-order chi connectivity index (χ1) is 14.6. The average molecular weight is 409 g/mol. The second-order valence-electron chi connectivity index (χ2n) is 6.22. The van der Waals surface area contributed by atoms with Gasteiger partial charge in [0.1, 0.15) is 17.3 Å². The zero-order valence-corrected chi connectivity index (χ0v) is 16.8. The third-order valence-corrected chi connectivity index (χ3v) is 4.17. The lowest BCUT2D eigenvalue weighted by Gasteiger charge is -2.10. The van der Waals surface area contributed by atoms with Crippen molar-refractivity contribution in [2.75, 3.05) is 20.3 Å². The number of H-pyrrole nitrogens is 1. The molecule has 0 saturated heterocycles. The quantitative estimate of drug-likeness (QED) is 0.497. The minimum Gasteiger partial charge on any atom is -0.497 e. The molecule has 3 rings (SSSR count). The van der Waals surface area contributed by atoms with Crippen molar-refractivity contribution in [3.05, 3.63) is 59.9 Å². The van der Waals surface area contributed by atoms with Crippen LogP contribution < -0.4 is 20.1 Å². The summed E-state index contributed by atoms with van der Waals surface area (Å²) in [5, 5.41) is 12.2. The second kappa shape index (κ2) is 10.1. The molecule has 0 bridgehead atoms. The number of hydrogen-bond acceptors (Lipinski definition) is 6. The summed E-state index contributed by atoms with van der Waals surface area (Å²) in [5.74, 6) is 1.51. The first-order valence-electron chi connectivity index (χ1n) is 9.43. The summed E-state index contributed by atoms with van der Waals surface area (Å²) in [6, 6.07) is 14.2. The van der Waals surface area contributed by atoms with Crippen LogP contribution in [-0.4, -0.2) is 47.3 Å². The van der Waals surface area contributed by atoms with Gasteiger partial charge in [0.2, 0.25) is 5.91 Å². The predicted octanol–water partition coefficient (Wildman–Crippen LogP) is 1.93. The number of benzene rings is 2. The van der Waals surface area contributed by atoms with Crippen LogP contribution >= 0.6 is 0 Å². The molecular weight excluding hydrogens is 386 g/mol. The van der Waals surface area contributed by atoms with E-state index in [0.29, 0.717) is 29.6 Å². The fraction of sp³-hybridized carbons (Fsp3) is 0.238. The molecule has 3 aromatic rings. The number of aromatic amines is 1. The van der Waals surface area contributed by atoms with Crippen molar-refractivity contribution in [2.24, 2.45) is 0 Å². The van der Waals surface area contributed by atoms with Crippen LogP contribution in [0.5, 0.6) is 11.5 Å². The van der Waals surface area contributed by atoms with Gasteiger partial charge in [0.05, 0.1) is 32.4 Å². The van der Waals surface area contributed by atoms with Gasteiger partial charge >= 0.3 is 0 Å². The van der Waals surface area contributed by atoms with Gasteiger partial charge in [-0.3, -0.25) is 14.7 Å². The molecule has 0 atom stereocenters. The van der Waals surface area contributed by atoms with Crippen LogP contribution in [0.25, 0.3) is 11.4 Å². The van der Waals surface area contributed by atoms with Gasteiger partial charge in [-0.25, -0.2) is 4.98 Å². The van der Waals surface area contributed by atoms with E-state index in [1.54, 1.807) is 31.4 Å². The number of aromatic nitrogens is 3. The maximum atomic E-state index is 12.3. The molecule has 2 aromatic carbocycles. The molecule has 3 N–H and O–H groups in total.